The van der Waals surface area contributed by atoms with Crippen molar-refractivity contribution in [3.63, 3.8) is 0 Å². The third-order valence-electron chi connectivity index (χ3n) is 5.27. The van der Waals surface area contributed by atoms with E-state index >= 15 is 0 Å². The van der Waals surface area contributed by atoms with Gasteiger partial charge in [0.15, 0.2) is 0 Å². The molecule has 7 nitrogen and oxygen atoms in total. The number of amides is 1. The molecule has 1 heterocycles. The van der Waals surface area contributed by atoms with E-state index in [1.54, 1.807) is 20.1 Å². The number of hydrogen-bond donors (Lipinski definition) is 3. The first-order valence-corrected chi connectivity index (χ1v) is 10.3. The number of benzene rings is 3. The van der Waals surface area contributed by atoms with Crippen LogP contribution < -0.4 is 10.2 Å². The van der Waals surface area contributed by atoms with Crippen molar-refractivity contribution in [2.45, 2.75) is 13.8 Å². The van der Waals surface area contributed by atoms with Gasteiger partial charge in [0, 0.05) is 16.5 Å². The van der Waals surface area contributed by atoms with Gasteiger partial charge in [0.05, 0.1) is 29.6 Å². The highest BCUT2D eigenvalue weighted by Crippen LogP contribution is 2.28. The standard InChI is InChI=1S/C26H23N3O4/c1-15-7-9-23-21(11-15)22(14-24(27-23)17-5-4-6-19(12-17)33-3)26(32)29-28-16(2)20-13-18(30)8-10-25(20)31/h4-14,30-31H,1-3H3,(H,29,32). The lowest BCUT2D eigenvalue weighted by molar-refractivity contribution is 0.0956. The minimum atomic E-state index is -0.420. The Hall–Kier alpha value is -4.39. The Morgan fingerprint density at radius 2 is 1.82 bits per heavy atom. The van der Waals surface area contributed by atoms with E-state index in [-0.39, 0.29) is 11.5 Å². The Kier molecular flexibility index (Phi) is 5.95. The molecule has 0 fully saturated rings. The number of hydrazone groups is 1. The zero-order valence-corrected chi connectivity index (χ0v) is 18.5. The fourth-order valence-corrected chi connectivity index (χ4v) is 3.53. The van der Waals surface area contributed by atoms with Crippen LogP contribution in [0, 0.1) is 6.92 Å². The van der Waals surface area contributed by atoms with Crippen molar-refractivity contribution in [3.8, 4) is 28.5 Å². The van der Waals surface area contributed by atoms with Crippen LogP contribution in [0.5, 0.6) is 17.2 Å². The third-order valence-corrected chi connectivity index (χ3v) is 5.27. The van der Waals surface area contributed by atoms with E-state index in [2.05, 4.69) is 10.5 Å². The lowest BCUT2D eigenvalue weighted by Crippen LogP contribution is -2.20. The summed E-state index contributed by atoms with van der Waals surface area (Å²) in [5, 5.41) is 24.6. The summed E-state index contributed by atoms with van der Waals surface area (Å²) in [4.78, 5) is 17.9. The number of nitrogens with zero attached hydrogens (tertiary/aromatic N) is 2. The van der Waals surface area contributed by atoms with E-state index in [0.29, 0.717) is 39.2 Å². The number of phenols is 2. The highest BCUT2D eigenvalue weighted by molar-refractivity contribution is 6.08. The van der Waals surface area contributed by atoms with Crippen LogP contribution in [0.3, 0.4) is 0 Å². The van der Waals surface area contributed by atoms with Gasteiger partial charge in [-0.25, -0.2) is 10.4 Å². The molecule has 0 aliphatic heterocycles. The summed E-state index contributed by atoms with van der Waals surface area (Å²) in [6.45, 7) is 3.58. The average Bonchev–Trinajstić information content (AvgIpc) is 2.83. The number of aryl methyl sites for hydroxylation is 1. The number of methoxy groups -OCH3 is 1. The SMILES string of the molecule is COc1cccc(-c2cc(C(=O)NN=C(C)c3cc(O)ccc3O)c3cc(C)ccc3n2)c1. The minimum Gasteiger partial charge on any atom is -0.508 e. The van der Waals surface area contributed by atoms with Gasteiger partial charge in [-0.05, 0) is 62.4 Å². The maximum absolute atomic E-state index is 13.2. The molecule has 3 N–H and O–H groups in total. The normalized spacial score (nSPS) is 11.4. The van der Waals surface area contributed by atoms with Crippen LogP contribution in [0.15, 0.2) is 71.8 Å². The molecule has 33 heavy (non-hydrogen) atoms. The molecule has 0 unspecified atom stereocenters. The third kappa shape index (κ3) is 4.62. The van der Waals surface area contributed by atoms with E-state index in [1.807, 2.05) is 49.4 Å². The molecule has 0 spiro atoms. The fourth-order valence-electron chi connectivity index (χ4n) is 3.53. The molecule has 0 aliphatic rings. The van der Waals surface area contributed by atoms with Crippen molar-refractivity contribution in [2.24, 2.45) is 5.10 Å². The summed E-state index contributed by atoms with van der Waals surface area (Å²) in [6.07, 6.45) is 0. The number of hydrogen-bond acceptors (Lipinski definition) is 6. The van der Waals surface area contributed by atoms with Gasteiger partial charge >= 0.3 is 0 Å². The molecule has 0 atom stereocenters. The van der Waals surface area contributed by atoms with E-state index in [1.165, 1.54) is 18.2 Å². The molecule has 0 bridgehead atoms. The van der Waals surface area contributed by atoms with Gasteiger partial charge in [-0.15, -0.1) is 0 Å². The second-order valence-corrected chi connectivity index (χ2v) is 7.65. The Balaban J connectivity index is 1.75. The Morgan fingerprint density at radius 1 is 1.00 bits per heavy atom. The van der Waals surface area contributed by atoms with Crippen LogP contribution in [-0.2, 0) is 0 Å². The van der Waals surface area contributed by atoms with Crippen molar-refractivity contribution in [3.05, 3.63) is 83.4 Å². The summed E-state index contributed by atoms with van der Waals surface area (Å²) in [5.74, 6) is 0.211. The molecule has 4 rings (SSSR count). The Morgan fingerprint density at radius 3 is 2.61 bits per heavy atom. The molecule has 0 saturated heterocycles. The number of ether oxygens (including phenoxy) is 1. The number of aromatic nitrogens is 1. The first-order valence-electron chi connectivity index (χ1n) is 10.3. The lowest BCUT2D eigenvalue weighted by atomic mass is 10.0. The summed E-state index contributed by atoms with van der Waals surface area (Å²) in [6, 6.07) is 19.0. The summed E-state index contributed by atoms with van der Waals surface area (Å²) >= 11 is 0. The number of phenolic OH excluding ortho intramolecular Hbond substituents is 2. The fraction of sp³-hybridized carbons (Fsp3) is 0.115. The van der Waals surface area contributed by atoms with Gasteiger partial charge in [0.1, 0.15) is 17.2 Å². The van der Waals surface area contributed by atoms with Crippen molar-refractivity contribution in [2.75, 3.05) is 7.11 Å². The smallest absolute Gasteiger partial charge is 0.272 e. The second kappa shape index (κ2) is 9.00. The van der Waals surface area contributed by atoms with Crippen molar-refractivity contribution in [1.29, 1.82) is 0 Å². The van der Waals surface area contributed by atoms with Crippen LogP contribution in [0.1, 0.15) is 28.4 Å². The van der Waals surface area contributed by atoms with Gasteiger partial charge in [0.2, 0.25) is 0 Å². The second-order valence-electron chi connectivity index (χ2n) is 7.65. The van der Waals surface area contributed by atoms with Crippen LogP contribution in [0.2, 0.25) is 0 Å². The molecule has 166 valence electrons. The van der Waals surface area contributed by atoms with Crippen LogP contribution in [0.25, 0.3) is 22.2 Å². The van der Waals surface area contributed by atoms with Crippen LogP contribution >= 0.6 is 0 Å². The molecular weight excluding hydrogens is 418 g/mol. The number of fused-ring (bicyclic) bond motifs is 1. The average molecular weight is 441 g/mol. The molecule has 0 aliphatic carbocycles. The predicted molar refractivity (Wildman–Crippen MR) is 128 cm³/mol. The summed E-state index contributed by atoms with van der Waals surface area (Å²) in [7, 11) is 1.60. The van der Waals surface area contributed by atoms with Crippen LogP contribution in [0.4, 0.5) is 0 Å². The van der Waals surface area contributed by atoms with Gasteiger partial charge in [-0.1, -0.05) is 23.8 Å². The zero-order valence-electron chi connectivity index (χ0n) is 18.5. The first-order chi connectivity index (χ1) is 15.9. The monoisotopic (exact) mass is 441 g/mol. The lowest BCUT2D eigenvalue weighted by Gasteiger charge is -2.11. The number of nitrogens with one attached hydrogen (secondary N) is 1. The van der Waals surface area contributed by atoms with Crippen LogP contribution in [-0.4, -0.2) is 33.9 Å². The van der Waals surface area contributed by atoms with Gasteiger partial charge < -0.3 is 14.9 Å². The first kappa shape index (κ1) is 21.8. The highest BCUT2D eigenvalue weighted by Gasteiger charge is 2.15. The van der Waals surface area contributed by atoms with E-state index < -0.39 is 5.91 Å². The Bertz CT molecular complexity index is 1400. The quantitative estimate of drug-likeness (QED) is 0.235. The molecule has 0 saturated carbocycles. The maximum Gasteiger partial charge on any atom is 0.272 e. The number of carbonyl (C=O) groups excluding carboxylic acids is 1. The minimum absolute atomic E-state index is 0.0118. The summed E-state index contributed by atoms with van der Waals surface area (Å²) < 4.78 is 5.32. The van der Waals surface area contributed by atoms with Crippen molar-refractivity contribution >= 4 is 22.5 Å². The van der Waals surface area contributed by atoms with E-state index in [4.69, 9.17) is 9.72 Å². The van der Waals surface area contributed by atoms with Gasteiger partial charge in [-0.2, -0.15) is 5.10 Å². The summed E-state index contributed by atoms with van der Waals surface area (Å²) in [5.41, 5.74) is 6.76. The molecule has 4 aromatic rings. The van der Waals surface area contributed by atoms with E-state index in [9.17, 15) is 15.0 Å². The van der Waals surface area contributed by atoms with Crippen molar-refractivity contribution in [1.82, 2.24) is 10.4 Å². The molecule has 7 heteroatoms. The number of aromatic hydroxyl groups is 2. The van der Waals surface area contributed by atoms with Crippen molar-refractivity contribution < 1.29 is 19.7 Å². The molecule has 3 aromatic carbocycles. The Labute approximate surface area is 191 Å². The predicted octanol–water partition coefficient (Wildman–Crippen LogP) is 4.78. The highest BCUT2D eigenvalue weighted by atomic mass is 16.5. The van der Waals surface area contributed by atoms with Gasteiger partial charge in [0.25, 0.3) is 5.91 Å². The topological polar surface area (TPSA) is 104 Å². The maximum atomic E-state index is 13.2. The van der Waals surface area contributed by atoms with E-state index in [0.717, 1.165) is 11.1 Å². The number of carbonyl (C=O) groups is 1. The molecule has 0 radical (unpaired) electrons. The zero-order chi connectivity index (χ0) is 23.5. The largest absolute Gasteiger partial charge is 0.508 e. The number of pyridine rings is 1. The molecular formula is C26H23N3O4. The number of rotatable bonds is 5. The van der Waals surface area contributed by atoms with Gasteiger partial charge in [-0.3, -0.25) is 4.79 Å². The molecule has 1 aromatic heterocycles. The molecule has 1 amide bonds.